The summed E-state index contributed by atoms with van der Waals surface area (Å²) < 4.78 is 15.0. The van der Waals surface area contributed by atoms with Crippen molar-refractivity contribution in [3.8, 4) is 0 Å². The van der Waals surface area contributed by atoms with E-state index >= 15 is 0 Å². The van der Waals surface area contributed by atoms with E-state index in [9.17, 15) is 14.8 Å². The molecular weight excluding hydrogens is 247 g/mol. The maximum atomic E-state index is 10.6. The monoisotopic (exact) mass is 270 g/mol. The van der Waals surface area contributed by atoms with Crippen molar-refractivity contribution in [3.63, 3.8) is 0 Å². The third-order valence-electron chi connectivity index (χ3n) is 2.77. The second-order valence-corrected chi connectivity index (χ2v) is 5.63. The SMILES string of the molecule is CCCCCCC(CO)(CO)COP(=O)(O)O. The first-order valence-corrected chi connectivity index (χ1v) is 7.34. The van der Waals surface area contributed by atoms with Crippen LogP contribution in [0.1, 0.15) is 39.0 Å². The van der Waals surface area contributed by atoms with Crippen molar-refractivity contribution >= 4 is 7.82 Å². The predicted molar refractivity (Wildman–Crippen MR) is 63.4 cm³/mol. The topological polar surface area (TPSA) is 107 Å². The standard InChI is InChI=1S/C10H23O6P/c1-2-3-4-5-6-10(7-11,8-12)9-16-17(13,14)15/h11-12H,2-9H2,1H3,(H2,13,14,15). The van der Waals surface area contributed by atoms with Gasteiger partial charge in [0.05, 0.1) is 19.8 Å². The lowest BCUT2D eigenvalue weighted by molar-refractivity contribution is -0.00239. The smallest absolute Gasteiger partial charge is 0.396 e. The van der Waals surface area contributed by atoms with Gasteiger partial charge in [0, 0.05) is 5.41 Å². The number of aliphatic hydroxyl groups excluding tert-OH is 2. The largest absolute Gasteiger partial charge is 0.469 e. The van der Waals surface area contributed by atoms with E-state index in [0.29, 0.717) is 6.42 Å². The maximum Gasteiger partial charge on any atom is 0.469 e. The van der Waals surface area contributed by atoms with E-state index in [4.69, 9.17) is 9.79 Å². The highest BCUT2D eigenvalue weighted by Crippen LogP contribution is 2.39. The number of phosphoric ester groups is 1. The molecule has 0 aromatic heterocycles. The number of hydrogen-bond donors (Lipinski definition) is 4. The van der Waals surface area contributed by atoms with Crippen LogP contribution in [0.25, 0.3) is 0 Å². The third kappa shape index (κ3) is 7.86. The summed E-state index contributed by atoms with van der Waals surface area (Å²) in [6.45, 7) is 1.03. The molecule has 0 radical (unpaired) electrons. The van der Waals surface area contributed by atoms with Gasteiger partial charge in [-0.25, -0.2) is 4.57 Å². The van der Waals surface area contributed by atoms with Crippen LogP contribution in [0.2, 0.25) is 0 Å². The number of hydrogen-bond acceptors (Lipinski definition) is 4. The summed E-state index contributed by atoms with van der Waals surface area (Å²) in [4.78, 5) is 17.2. The van der Waals surface area contributed by atoms with Gasteiger partial charge in [0.1, 0.15) is 0 Å². The second-order valence-electron chi connectivity index (χ2n) is 4.39. The Kier molecular flexibility index (Phi) is 8.20. The van der Waals surface area contributed by atoms with E-state index < -0.39 is 13.2 Å². The van der Waals surface area contributed by atoms with Crippen molar-refractivity contribution in [3.05, 3.63) is 0 Å². The normalized spacial score (nSPS) is 13.0. The minimum atomic E-state index is -4.56. The van der Waals surface area contributed by atoms with E-state index in [0.717, 1.165) is 25.7 Å². The minimum absolute atomic E-state index is 0.337. The predicted octanol–water partition coefficient (Wildman–Crippen LogP) is 1.04. The molecule has 0 spiro atoms. The van der Waals surface area contributed by atoms with Crippen LogP contribution < -0.4 is 0 Å². The van der Waals surface area contributed by atoms with E-state index in [2.05, 4.69) is 11.4 Å². The average Bonchev–Trinajstić information content (AvgIpc) is 2.28. The highest BCUT2D eigenvalue weighted by Gasteiger charge is 2.31. The molecule has 6 nitrogen and oxygen atoms in total. The fourth-order valence-electron chi connectivity index (χ4n) is 1.52. The van der Waals surface area contributed by atoms with Crippen LogP contribution in [0.3, 0.4) is 0 Å². The molecule has 0 unspecified atom stereocenters. The molecule has 0 bridgehead atoms. The molecular formula is C10H23O6P. The molecule has 0 rings (SSSR count). The van der Waals surface area contributed by atoms with Crippen LogP contribution in [0, 0.1) is 5.41 Å². The molecule has 4 N–H and O–H groups in total. The van der Waals surface area contributed by atoms with Crippen molar-refractivity contribution in [1.29, 1.82) is 0 Å². The zero-order chi connectivity index (χ0) is 13.4. The molecule has 0 aromatic carbocycles. The van der Waals surface area contributed by atoms with Crippen LogP contribution >= 0.6 is 7.82 Å². The molecule has 0 heterocycles. The van der Waals surface area contributed by atoms with Crippen molar-refractivity contribution in [2.24, 2.45) is 5.41 Å². The van der Waals surface area contributed by atoms with Gasteiger partial charge in [0.15, 0.2) is 0 Å². The van der Waals surface area contributed by atoms with Gasteiger partial charge in [-0.3, -0.25) is 4.52 Å². The minimum Gasteiger partial charge on any atom is -0.396 e. The Morgan fingerprint density at radius 1 is 1.12 bits per heavy atom. The summed E-state index contributed by atoms with van der Waals surface area (Å²) in [5.41, 5.74) is -0.963. The Balaban J connectivity index is 4.20. The number of phosphoric acid groups is 1. The Hall–Kier alpha value is 0.0300. The Bertz CT molecular complexity index is 235. The summed E-state index contributed by atoms with van der Waals surface area (Å²) in [5.74, 6) is 0. The highest BCUT2D eigenvalue weighted by atomic mass is 31.2. The molecule has 0 saturated heterocycles. The van der Waals surface area contributed by atoms with Crippen LogP contribution in [0.4, 0.5) is 0 Å². The van der Waals surface area contributed by atoms with Gasteiger partial charge in [0.2, 0.25) is 0 Å². The average molecular weight is 270 g/mol. The molecule has 0 aliphatic rings. The van der Waals surface area contributed by atoms with Crippen LogP contribution in [-0.2, 0) is 9.09 Å². The zero-order valence-electron chi connectivity index (χ0n) is 10.2. The van der Waals surface area contributed by atoms with Crippen molar-refractivity contribution in [2.45, 2.75) is 39.0 Å². The molecule has 0 aliphatic heterocycles. The first-order chi connectivity index (χ1) is 7.89. The number of aliphatic hydroxyl groups is 2. The molecule has 7 heteroatoms. The molecule has 0 amide bonds. The summed E-state index contributed by atoms with van der Waals surface area (Å²) in [6, 6.07) is 0. The lowest BCUT2D eigenvalue weighted by Gasteiger charge is -2.29. The van der Waals surface area contributed by atoms with Gasteiger partial charge in [-0.2, -0.15) is 0 Å². The molecule has 104 valence electrons. The van der Waals surface area contributed by atoms with Gasteiger partial charge in [-0.05, 0) is 6.42 Å². The Labute approximate surface area is 102 Å². The Morgan fingerprint density at radius 3 is 2.12 bits per heavy atom. The highest BCUT2D eigenvalue weighted by molar-refractivity contribution is 7.46. The third-order valence-corrected chi connectivity index (χ3v) is 3.24. The molecule has 0 aliphatic carbocycles. The Morgan fingerprint density at radius 2 is 1.71 bits per heavy atom. The van der Waals surface area contributed by atoms with Gasteiger partial charge < -0.3 is 20.0 Å². The number of rotatable bonds is 10. The van der Waals surface area contributed by atoms with E-state index in [1.54, 1.807) is 0 Å². The molecule has 0 saturated carbocycles. The van der Waals surface area contributed by atoms with Crippen LogP contribution in [0.15, 0.2) is 0 Å². The second kappa shape index (κ2) is 8.19. The number of unbranched alkanes of at least 4 members (excludes halogenated alkanes) is 3. The van der Waals surface area contributed by atoms with Crippen molar-refractivity contribution in [1.82, 2.24) is 0 Å². The van der Waals surface area contributed by atoms with Crippen molar-refractivity contribution < 1.29 is 29.1 Å². The van der Waals surface area contributed by atoms with E-state index in [-0.39, 0.29) is 19.8 Å². The first kappa shape index (κ1) is 17.0. The molecule has 17 heavy (non-hydrogen) atoms. The van der Waals surface area contributed by atoms with Gasteiger partial charge in [-0.15, -0.1) is 0 Å². The lowest BCUT2D eigenvalue weighted by Crippen LogP contribution is -2.34. The maximum absolute atomic E-state index is 10.6. The molecule has 0 aromatic rings. The molecule has 0 atom stereocenters. The quantitative estimate of drug-likeness (QED) is 0.349. The summed E-state index contributed by atoms with van der Waals surface area (Å²) >= 11 is 0. The van der Waals surface area contributed by atoms with Crippen LogP contribution in [-0.4, -0.2) is 39.8 Å². The van der Waals surface area contributed by atoms with Crippen molar-refractivity contribution in [2.75, 3.05) is 19.8 Å². The summed E-state index contributed by atoms with van der Waals surface area (Å²) in [6.07, 6.45) is 4.38. The zero-order valence-corrected chi connectivity index (χ0v) is 11.1. The van der Waals surface area contributed by atoms with E-state index in [1.807, 2.05) is 0 Å². The fourth-order valence-corrected chi connectivity index (χ4v) is 1.96. The summed E-state index contributed by atoms with van der Waals surface area (Å²) in [5, 5.41) is 18.5. The molecule has 0 fully saturated rings. The van der Waals surface area contributed by atoms with Gasteiger partial charge in [-0.1, -0.05) is 32.6 Å². The summed E-state index contributed by atoms with van der Waals surface area (Å²) in [7, 11) is -4.56. The van der Waals surface area contributed by atoms with Gasteiger partial charge in [0.25, 0.3) is 0 Å². The van der Waals surface area contributed by atoms with Gasteiger partial charge >= 0.3 is 7.82 Å². The lowest BCUT2D eigenvalue weighted by atomic mass is 9.85. The van der Waals surface area contributed by atoms with Crippen LogP contribution in [0.5, 0.6) is 0 Å². The first-order valence-electron chi connectivity index (χ1n) is 5.81. The fraction of sp³-hybridized carbons (Fsp3) is 1.00. The van der Waals surface area contributed by atoms with E-state index in [1.165, 1.54) is 0 Å².